The molecule has 0 atom stereocenters. The third-order valence-electron chi connectivity index (χ3n) is 4.70. The van der Waals surface area contributed by atoms with Crippen molar-refractivity contribution in [2.45, 2.75) is 6.92 Å². The molecule has 1 aromatic heterocycles. The third kappa shape index (κ3) is 6.12. The summed E-state index contributed by atoms with van der Waals surface area (Å²) in [7, 11) is 2.77. The van der Waals surface area contributed by atoms with E-state index in [1.54, 1.807) is 30.5 Å². The maximum absolute atomic E-state index is 12.8. The van der Waals surface area contributed by atoms with E-state index in [4.69, 9.17) is 14.2 Å². The van der Waals surface area contributed by atoms with Gasteiger partial charge in [0.05, 0.1) is 35.3 Å². The summed E-state index contributed by atoms with van der Waals surface area (Å²) in [6, 6.07) is 10.3. The van der Waals surface area contributed by atoms with Gasteiger partial charge >= 0.3 is 5.97 Å². The summed E-state index contributed by atoms with van der Waals surface area (Å²) in [5, 5.41) is 18.0. The van der Waals surface area contributed by atoms with Crippen LogP contribution in [0.3, 0.4) is 0 Å². The summed E-state index contributed by atoms with van der Waals surface area (Å²) in [6.45, 7) is 0.953. The van der Waals surface area contributed by atoms with Crippen LogP contribution >= 0.6 is 11.3 Å². The molecule has 0 bridgehead atoms. The number of nitrogens with one attached hydrogen (secondary N) is 2. The first-order valence-corrected chi connectivity index (χ1v) is 10.9. The van der Waals surface area contributed by atoms with E-state index in [1.165, 1.54) is 49.8 Å². The van der Waals surface area contributed by atoms with Crippen LogP contribution in [0.2, 0.25) is 0 Å². The van der Waals surface area contributed by atoms with Gasteiger partial charge in [-0.25, -0.2) is 4.79 Å². The molecule has 0 aliphatic carbocycles. The average molecular weight is 500 g/mol. The minimum atomic E-state index is -0.930. The second-order valence-electron chi connectivity index (χ2n) is 7.09. The van der Waals surface area contributed by atoms with Crippen molar-refractivity contribution >= 4 is 46.2 Å². The normalized spacial score (nSPS) is 10.3. The number of carbonyl (C=O) groups is 3. The Kier molecular flexibility index (Phi) is 8.00. The Balaban J connectivity index is 1.78. The molecule has 2 amide bonds. The van der Waals surface area contributed by atoms with Crippen molar-refractivity contribution in [2.24, 2.45) is 0 Å². The number of carbonyl (C=O) groups excluding carboxylic acids is 3. The van der Waals surface area contributed by atoms with E-state index >= 15 is 0 Å². The van der Waals surface area contributed by atoms with Crippen LogP contribution in [0.5, 0.6) is 11.5 Å². The molecule has 3 aromatic rings. The van der Waals surface area contributed by atoms with Crippen LogP contribution in [0, 0.1) is 17.0 Å². The van der Waals surface area contributed by atoms with Crippen molar-refractivity contribution in [3.8, 4) is 11.5 Å². The number of nitro benzene ring substituents is 1. The second-order valence-corrected chi connectivity index (χ2v) is 8.03. The van der Waals surface area contributed by atoms with E-state index in [0.717, 1.165) is 0 Å². The van der Waals surface area contributed by atoms with Gasteiger partial charge in [0, 0.05) is 18.2 Å². The first-order chi connectivity index (χ1) is 16.7. The number of nitrogens with zero attached hydrogens (tertiary/aromatic N) is 1. The highest BCUT2D eigenvalue weighted by Crippen LogP contribution is 2.34. The average Bonchev–Trinajstić information content (AvgIpc) is 3.38. The summed E-state index contributed by atoms with van der Waals surface area (Å²) in [5.74, 6) is -1.70. The number of methoxy groups -OCH3 is 2. The lowest BCUT2D eigenvalue weighted by Gasteiger charge is -2.15. The predicted octanol–water partition coefficient (Wildman–Crippen LogP) is 4.03. The van der Waals surface area contributed by atoms with Gasteiger partial charge in [0.25, 0.3) is 17.5 Å². The summed E-state index contributed by atoms with van der Waals surface area (Å²) in [5.41, 5.74) is 0.328. The van der Waals surface area contributed by atoms with E-state index in [0.29, 0.717) is 10.4 Å². The summed E-state index contributed by atoms with van der Waals surface area (Å²) in [4.78, 5) is 48.7. The molecule has 2 N–H and O–H groups in total. The highest BCUT2D eigenvalue weighted by atomic mass is 32.1. The maximum atomic E-state index is 12.8. The Labute approximate surface area is 203 Å². The van der Waals surface area contributed by atoms with Crippen LogP contribution in [0.4, 0.5) is 17.1 Å². The SMILES string of the molecule is COc1cc(NC(=O)c2cccs2)c(C(=O)OCC(=O)Nc2ccc(C)cc2[N+](=O)[O-])cc1OC. The summed E-state index contributed by atoms with van der Waals surface area (Å²) >= 11 is 1.22. The molecule has 12 heteroatoms. The fourth-order valence-electron chi connectivity index (χ4n) is 3.04. The lowest BCUT2D eigenvalue weighted by molar-refractivity contribution is -0.384. The zero-order valence-corrected chi connectivity index (χ0v) is 19.8. The van der Waals surface area contributed by atoms with Crippen molar-refractivity contribution in [3.63, 3.8) is 0 Å². The highest BCUT2D eigenvalue weighted by molar-refractivity contribution is 7.12. The minimum Gasteiger partial charge on any atom is -0.493 e. The van der Waals surface area contributed by atoms with Crippen LogP contribution in [0.15, 0.2) is 47.8 Å². The van der Waals surface area contributed by atoms with Gasteiger partial charge in [-0.1, -0.05) is 12.1 Å². The highest BCUT2D eigenvalue weighted by Gasteiger charge is 2.22. The van der Waals surface area contributed by atoms with Crippen LogP contribution in [0.25, 0.3) is 0 Å². The molecule has 2 aromatic carbocycles. The Morgan fingerprint density at radius 1 is 1.00 bits per heavy atom. The molecule has 0 aliphatic heterocycles. The van der Waals surface area contributed by atoms with Gasteiger partial charge < -0.3 is 24.8 Å². The van der Waals surface area contributed by atoms with Crippen LogP contribution in [-0.4, -0.2) is 43.5 Å². The zero-order chi connectivity index (χ0) is 25.5. The van der Waals surface area contributed by atoms with Crippen molar-refractivity contribution in [2.75, 3.05) is 31.5 Å². The van der Waals surface area contributed by atoms with Crippen molar-refractivity contribution in [1.29, 1.82) is 0 Å². The van der Waals surface area contributed by atoms with Gasteiger partial charge in [0.15, 0.2) is 18.1 Å². The minimum absolute atomic E-state index is 0.0309. The quantitative estimate of drug-likeness (QED) is 0.255. The topological polar surface area (TPSA) is 146 Å². The van der Waals surface area contributed by atoms with E-state index in [9.17, 15) is 24.5 Å². The molecule has 0 fully saturated rings. The third-order valence-corrected chi connectivity index (χ3v) is 5.56. The molecule has 1 heterocycles. The Morgan fingerprint density at radius 3 is 2.34 bits per heavy atom. The molecular weight excluding hydrogens is 478 g/mol. The van der Waals surface area contributed by atoms with Gasteiger partial charge in [-0.05, 0) is 30.0 Å². The Bertz CT molecular complexity index is 1270. The number of ether oxygens (including phenoxy) is 3. The number of nitro groups is 1. The molecule has 11 nitrogen and oxygen atoms in total. The van der Waals surface area contributed by atoms with Crippen LogP contribution in [0.1, 0.15) is 25.6 Å². The molecule has 35 heavy (non-hydrogen) atoms. The molecule has 0 radical (unpaired) electrons. The fourth-order valence-corrected chi connectivity index (χ4v) is 3.66. The first kappa shape index (κ1) is 25.2. The predicted molar refractivity (Wildman–Crippen MR) is 129 cm³/mol. The van der Waals surface area contributed by atoms with E-state index in [-0.39, 0.29) is 34.1 Å². The van der Waals surface area contributed by atoms with Gasteiger partial charge in [-0.2, -0.15) is 0 Å². The molecule has 3 rings (SSSR count). The van der Waals surface area contributed by atoms with E-state index < -0.39 is 29.3 Å². The number of thiophene rings is 1. The zero-order valence-electron chi connectivity index (χ0n) is 18.9. The molecule has 0 aliphatic rings. The number of hydrogen-bond donors (Lipinski definition) is 2. The number of hydrogen-bond acceptors (Lipinski definition) is 9. The first-order valence-electron chi connectivity index (χ1n) is 10.1. The van der Waals surface area contributed by atoms with Gasteiger partial charge in [0.1, 0.15) is 5.69 Å². The molecule has 182 valence electrons. The number of rotatable bonds is 9. The largest absolute Gasteiger partial charge is 0.493 e. The standard InChI is InChI=1S/C23H21N3O8S/c1-13-6-7-15(17(9-13)26(30)31)24-21(27)12-34-23(29)14-10-18(32-2)19(33-3)11-16(14)25-22(28)20-5-4-8-35-20/h4-11H,12H2,1-3H3,(H,24,27)(H,25,28). The maximum Gasteiger partial charge on any atom is 0.340 e. The van der Waals surface area contributed by atoms with Crippen LogP contribution < -0.4 is 20.1 Å². The number of amides is 2. The number of anilines is 2. The number of benzene rings is 2. The molecule has 0 saturated heterocycles. The van der Waals surface area contributed by atoms with Crippen molar-refractivity contribution < 1.29 is 33.5 Å². The summed E-state index contributed by atoms with van der Waals surface area (Å²) < 4.78 is 15.6. The summed E-state index contributed by atoms with van der Waals surface area (Å²) in [6.07, 6.45) is 0. The number of esters is 1. The van der Waals surface area contributed by atoms with Gasteiger partial charge in [0.2, 0.25) is 0 Å². The monoisotopic (exact) mass is 499 g/mol. The lowest BCUT2D eigenvalue weighted by atomic mass is 10.1. The molecular formula is C23H21N3O8S. The lowest BCUT2D eigenvalue weighted by Crippen LogP contribution is -2.22. The van der Waals surface area contributed by atoms with Crippen molar-refractivity contribution in [3.05, 3.63) is 74.0 Å². The Morgan fingerprint density at radius 2 is 1.71 bits per heavy atom. The molecule has 0 unspecified atom stereocenters. The fraction of sp³-hybridized carbons (Fsp3) is 0.174. The van der Waals surface area contributed by atoms with E-state index in [2.05, 4.69) is 10.6 Å². The van der Waals surface area contributed by atoms with Crippen molar-refractivity contribution in [1.82, 2.24) is 0 Å². The Hall–Kier alpha value is -4.45. The smallest absolute Gasteiger partial charge is 0.340 e. The molecule has 0 saturated carbocycles. The van der Waals surface area contributed by atoms with E-state index in [1.807, 2.05) is 0 Å². The van der Waals surface area contributed by atoms with Gasteiger partial charge in [-0.15, -0.1) is 11.3 Å². The van der Waals surface area contributed by atoms with Gasteiger partial charge in [-0.3, -0.25) is 19.7 Å². The number of aryl methyl sites for hydroxylation is 1. The van der Waals surface area contributed by atoms with Crippen LogP contribution in [-0.2, 0) is 9.53 Å². The molecule has 0 spiro atoms. The second kappa shape index (κ2) is 11.1.